The van der Waals surface area contributed by atoms with Gasteiger partial charge in [-0.25, -0.2) is 4.39 Å². The van der Waals surface area contributed by atoms with Crippen molar-refractivity contribution in [3.8, 4) is 16.2 Å². The van der Waals surface area contributed by atoms with Crippen molar-refractivity contribution in [1.82, 2.24) is 10.9 Å². The Hall–Kier alpha value is -2.90. The maximum atomic E-state index is 13.0. The summed E-state index contributed by atoms with van der Waals surface area (Å²) in [5.41, 5.74) is 6.18. The molecule has 144 valence electrons. The quantitative estimate of drug-likeness (QED) is 0.609. The molecule has 0 spiro atoms. The van der Waals surface area contributed by atoms with Gasteiger partial charge in [0.25, 0.3) is 5.91 Å². The second-order valence-corrected chi connectivity index (χ2v) is 7.33. The predicted octanol–water partition coefficient (Wildman–Crippen LogP) is 4.22. The van der Waals surface area contributed by atoms with E-state index in [0.29, 0.717) is 21.2 Å². The molecule has 5 nitrogen and oxygen atoms in total. The van der Waals surface area contributed by atoms with Crippen LogP contribution < -0.4 is 15.6 Å². The number of hydrogen-bond donors (Lipinski definition) is 2. The van der Waals surface area contributed by atoms with Crippen LogP contribution in [0.5, 0.6) is 5.75 Å². The molecule has 0 saturated heterocycles. The van der Waals surface area contributed by atoms with Crippen molar-refractivity contribution in [3.63, 3.8) is 0 Å². The van der Waals surface area contributed by atoms with Crippen molar-refractivity contribution < 1.29 is 18.7 Å². The Balaban J connectivity index is 1.59. The lowest BCUT2D eigenvalue weighted by atomic mass is 10.1. The van der Waals surface area contributed by atoms with Crippen LogP contribution in [0.4, 0.5) is 4.39 Å². The maximum absolute atomic E-state index is 13.0. The topological polar surface area (TPSA) is 67.4 Å². The molecule has 3 aromatic rings. The molecule has 28 heavy (non-hydrogen) atoms. The maximum Gasteiger partial charge on any atom is 0.279 e. The van der Waals surface area contributed by atoms with E-state index in [2.05, 4.69) is 10.9 Å². The third-order valence-corrected chi connectivity index (χ3v) is 5.24. The number of nitrogens with one attached hydrogen (secondary N) is 2. The zero-order chi connectivity index (χ0) is 20.1. The van der Waals surface area contributed by atoms with Crippen molar-refractivity contribution in [1.29, 1.82) is 0 Å². The number of halogens is 2. The highest BCUT2D eigenvalue weighted by molar-refractivity contribution is 7.17. The molecule has 0 aliphatic rings. The van der Waals surface area contributed by atoms with Crippen LogP contribution in [-0.4, -0.2) is 18.9 Å². The summed E-state index contributed by atoms with van der Waals surface area (Å²) in [6.07, 6.45) is -0.00468. The van der Waals surface area contributed by atoms with Crippen LogP contribution in [0, 0.1) is 5.82 Å². The minimum atomic E-state index is -0.440. The number of carbonyl (C=O) groups is 2. The van der Waals surface area contributed by atoms with Gasteiger partial charge in [0.05, 0.1) is 18.4 Å². The Bertz CT molecular complexity index is 1000. The van der Waals surface area contributed by atoms with Crippen molar-refractivity contribution in [3.05, 3.63) is 75.9 Å². The Labute approximate surface area is 170 Å². The third-order valence-electron chi connectivity index (χ3n) is 3.87. The molecule has 2 aromatic carbocycles. The highest BCUT2D eigenvalue weighted by Crippen LogP contribution is 2.28. The molecule has 0 unspecified atom stereocenters. The van der Waals surface area contributed by atoms with Crippen molar-refractivity contribution in [2.45, 2.75) is 6.42 Å². The van der Waals surface area contributed by atoms with Crippen LogP contribution in [-0.2, 0) is 11.2 Å². The molecule has 2 amide bonds. The second kappa shape index (κ2) is 8.86. The number of hydrogen-bond acceptors (Lipinski definition) is 4. The number of carbonyl (C=O) groups excluding carboxylic acids is 2. The first-order chi connectivity index (χ1) is 13.5. The Morgan fingerprint density at radius 2 is 1.82 bits per heavy atom. The number of thiophene rings is 1. The molecule has 1 heterocycles. The monoisotopic (exact) mass is 418 g/mol. The van der Waals surface area contributed by atoms with Gasteiger partial charge in [-0.05, 0) is 48.0 Å². The lowest BCUT2D eigenvalue weighted by molar-refractivity contribution is -0.121. The number of hydrazine groups is 1. The summed E-state index contributed by atoms with van der Waals surface area (Å²) in [6, 6.07) is 14.4. The number of benzene rings is 2. The van der Waals surface area contributed by atoms with Gasteiger partial charge in [0.1, 0.15) is 11.6 Å². The van der Waals surface area contributed by atoms with E-state index in [1.54, 1.807) is 42.5 Å². The van der Waals surface area contributed by atoms with Gasteiger partial charge < -0.3 is 4.74 Å². The molecule has 0 radical (unpaired) electrons. The first-order valence-corrected chi connectivity index (χ1v) is 9.43. The van der Waals surface area contributed by atoms with E-state index in [-0.39, 0.29) is 12.2 Å². The van der Waals surface area contributed by atoms with E-state index in [0.717, 1.165) is 10.4 Å². The molecule has 0 atom stereocenters. The summed E-state index contributed by atoms with van der Waals surface area (Å²) in [5.74, 6) is -0.639. The third kappa shape index (κ3) is 4.88. The Morgan fingerprint density at radius 1 is 1.07 bits per heavy atom. The van der Waals surface area contributed by atoms with Gasteiger partial charge in [-0.1, -0.05) is 23.7 Å². The fourth-order valence-corrected chi connectivity index (χ4v) is 3.62. The van der Waals surface area contributed by atoms with Gasteiger partial charge in [-0.3, -0.25) is 20.4 Å². The standard InChI is InChI=1S/C20H16ClFN2O3S/c1-27-16-7-4-14(21)10-13(16)11-19(25)23-24-20(26)18-9-8-17(28-18)12-2-5-15(22)6-3-12/h2-10H,11H2,1H3,(H,23,25)(H,24,26). The van der Waals surface area contributed by atoms with Crippen LogP contribution in [0.2, 0.25) is 5.02 Å². The number of rotatable bonds is 5. The minimum absolute atomic E-state index is 0.00468. The second-order valence-electron chi connectivity index (χ2n) is 5.81. The summed E-state index contributed by atoms with van der Waals surface area (Å²) in [6.45, 7) is 0. The summed E-state index contributed by atoms with van der Waals surface area (Å²) in [4.78, 5) is 25.6. The predicted molar refractivity (Wildman–Crippen MR) is 107 cm³/mol. The van der Waals surface area contributed by atoms with Gasteiger partial charge in [0, 0.05) is 15.5 Å². The molecule has 2 N–H and O–H groups in total. The Morgan fingerprint density at radius 3 is 2.54 bits per heavy atom. The average Bonchev–Trinajstić information content (AvgIpc) is 3.17. The average molecular weight is 419 g/mol. The molecular weight excluding hydrogens is 403 g/mol. The van der Waals surface area contributed by atoms with Crippen LogP contribution in [0.25, 0.3) is 10.4 Å². The van der Waals surface area contributed by atoms with E-state index in [4.69, 9.17) is 16.3 Å². The SMILES string of the molecule is COc1ccc(Cl)cc1CC(=O)NNC(=O)c1ccc(-c2ccc(F)cc2)s1. The van der Waals surface area contributed by atoms with Crippen LogP contribution in [0.15, 0.2) is 54.6 Å². The van der Waals surface area contributed by atoms with Gasteiger partial charge in [0.2, 0.25) is 5.91 Å². The van der Waals surface area contributed by atoms with E-state index in [9.17, 15) is 14.0 Å². The fourth-order valence-electron chi connectivity index (χ4n) is 2.52. The molecule has 0 saturated carbocycles. The summed E-state index contributed by atoms with van der Waals surface area (Å²) in [7, 11) is 1.50. The molecule has 0 bridgehead atoms. The fraction of sp³-hybridized carbons (Fsp3) is 0.100. The molecular formula is C20H16ClFN2O3S. The lowest BCUT2D eigenvalue weighted by Crippen LogP contribution is -2.42. The van der Waals surface area contributed by atoms with Gasteiger partial charge in [-0.15, -0.1) is 11.3 Å². The van der Waals surface area contributed by atoms with Crippen molar-refractivity contribution in [2.75, 3.05) is 7.11 Å². The molecule has 0 fully saturated rings. The van der Waals surface area contributed by atoms with Crippen LogP contribution >= 0.6 is 22.9 Å². The Kier molecular flexibility index (Phi) is 6.28. The first-order valence-electron chi connectivity index (χ1n) is 8.23. The number of ether oxygens (including phenoxy) is 1. The normalized spacial score (nSPS) is 10.4. The first kappa shape index (κ1) is 19.9. The zero-order valence-corrected chi connectivity index (χ0v) is 16.4. The van der Waals surface area contributed by atoms with E-state index < -0.39 is 11.8 Å². The molecule has 0 aliphatic carbocycles. The molecule has 3 rings (SSSR count). The van der Waals surface area contributed by atoms with Crippen molar-refractivity contribution >= 4 is 34.8 Å². The van der Waals surface area contributed by atoms with Gasteiger partial charge >= 0.3 is 0 Å². The summed E-state index contributed by atoms with van der Waals surface area (Å²) >= 11 is 7.19. The molecule has 1 aromatic heterocycles. The number of methoxy groups -OCH3 is 1. The van der Waals surface area contributed by atoms with Crippen molar-refractivity contribution in [2.24, 2.45) is 0 Å². The number of amides is 2. The summed E-state index contributed by atoms with van der Waals surface area (Å²) < 4.78 is 18.2. The highest BCUT2D eigenvalue weighted by Gasteiger charge is 2.13. The van der Waals surface area contributed by atoms with Crippen LogP contribution in [0.3, 0.4) is 0 Å². The minimum Gasteiger partial charge on any atom is -0.496 e. The van der Waals surface area contributed by atoms with E-state index >= 15 is 0 Å². The highest BCUT2D eigenvalue weighted by atomic mass is 35.5. The van der Waals surface area contributed by atoms with E-state index in [1.165, 1.54) is 30.6 Å². The lowest BCUT2D eigenvalue weighted by Gasteiger charge is -2.10. The van der Waals surface area contributed by atoms with Gasteiger partial charge in [-0.2, -0.15) is 0 Å². The molecule has 8 heteroatoms. The summed E-state index contributed by atoms with van der Waals surface area (Å²) in [5, 5.41) is 0.486. The van der Waals surface area contributed by atoms with Gasteiger partial charge in [0.15, 0.2) is 0 Å². The molecule has 0 aliphatic heterocycles. The zero-order valence-electron chi connectivity index (χ0n) is 14.8. The van der Waals surface area contributed by atoms with Crippen LogP contribution in [0.1, 0.15) is 15.2 Å². The smallest absolute Gasteiger partial charge is 0.279 e. The van der Waals surface area contributed by atoms with E-state index in [1.807, 2.05) is 0 Å². The largest absolute Gasteiger partial charge is 0.496 e.